The minimum absolute atomic E-state index is 0.0954. The molecule has 0 spiro atoms. The van der Waals surface area contributed by atoms with Crippen molar-refractivity contribution in [1.29, 1.82) is 5.26 Å². The summed E-state index contributed by atoms with van der Waals surface area (Å²) in [4.78, 5) is 11.2. The van der Waals surface area contributed by atoms with Crippen LogP contribution in [0.25, 0.3) is 0 Å². The first-order valence-electron chi connectivity index (χ1n) is 3.47. The van der Waals surface area contributed by atoms with Gasteiger partial charge < -0.3 is 0 Å². The van der Waals surface area contributed by atoms with Crippen molar-refractivity contribution < 1.29 is 4.79 Å². The lowest BCUT2D eigenvalue weighted by atomic mass is 10.1. The molecule has 0 aromatic heterocycles. The number of ketones is 1. The van der Waals surface area contributed by atoms with Crippen LogP contribution in [0.4, 0.5) is 0 Å². The van der Waals surface area contributed by atoms with Crippen molar-refractivity contribution >= 4 is 44.3 Å². The molecule has 0 atom stereocenters. The summed E-state index contributed by atoms with van der Waals surface area (Å²) >= 11 is 5.40. The summed E-state index contributed by atoms with van der Waals surface area (Å²) in [6.07, 6.45) is 0. The van der Waals surface area contributed by atoms with Crippen molar-refractivity contribution in [2.75, 3.05) is 0 Å². The molecule has 0 fully saturated rings. The molecule has 0 amide bonds. The zero-order valence-corrected chi connectivity index (χ0v) is 10.5. The molecule has 66 valence electrons. The van der Waals surface area contributed by atoms with E-state index in [2.05, 4.69) is 38.5 Å². The summed E-state index contributed by atoms with van der Waals surface area (Å²) < 4.78 is 1.64. The van der Waals surface area contributed by atoms with E-state index < -0.39 is 0 Å². The monoisotopic (exact) mass is 349 g/mol. The Morgan fingerprint density at radius 2 is 2.23 bits per heavy atom. The average Bonchev–Trinajstić information content (AvgIpc) is 2.08. The van der Waals surface area contributed by atoms with E-state index in [0.717, 1.165) is 3.57 Å². The molecule has 2 nitrogen and oxygen atoms in total. The predicted octanol–water partition coefficient (Wildman–Crippen LogP) is 3.13. The highest BCUT2D eigenvalue weighted by Gasteiger charge is 2.13. The third-order valence-electron chi connectivity index (χ3n) is 1.57. The maximum atomic E-state index is 11.2. The summed E-state index contributed by atoms with van der Waals surface area (Å²) in [7, 11) is 0. The highest BCUT2D eigenvalue weighted by molar-refractivity contribution is 14.1. The molecule has 0 N–H and O–H groups in total. The largest absolute Gasteiger partial charge is 0.294 e. The van der Waals surface area contributed by atoms with Crippen molar-refractivity contribution in [2.24, 2.45) is 0 Å². The van der Waals surface area contributed by atoms with E-state index in [9.17, 15) is 4.79 Å². The first-order valence-corrected chi connectivity index (χ1v) is 5.34. The van der Waals surface area contributed by atoms with E-state index in [1.165, 1.54) is 6.92 Å². The fraction of sp³-hybridized carbons (Fsp3) is 0.111. The summed E-state index contributed by atoms with van der Waals surface area (Å²) in [5.41, 5.74) is 0.884. The van der Waals surface area contributed by atoms with Crippen molar-refractivity contribution in [3.05, 3.63) is 31.3 Å². The van der Waals surface area contributed by atoms with Gasteiger partial charge in [0, 0.05) is 8.04 Å². The lowest BCUT2D eigenvalue weighted by molar-refractivity contribution is 0.101. The van der Waals surface area contributed by atoms with Crippen LogP contribution in [0.2, 0.25) is 0 Å². The number of nitriles is 1. The molecule has 1 aromatic carbocycles. The molecule has 0 unspecified atom stereocenters. The van der Waals surface area contributed by atoms with E-state index in [-0.39, 0.29) is 5.78 Å². The van der Waals surface area contributed by atoms with Gasteiger partial charge in [-0.15, -0.1) is 0 Å². The quantitative estimate of drug-likeness (QED) is 0.577. The number of hydrogen-bond acceptors (Lipinski definition) is 2. The minimum atomic E-state index is -0.0954. The van der Waals surface area contributed by atoms with Gasteiger partial charge in [-0.05, 0) is 57.6 Å². The maximum Gasteiger partial charge on any atom is 0.162 e. The van der Waals surface area contributed by atoms with Gasteiger partial charge >= 0.3 is 0 Å². The van der Waals surface area contributed by atoms with Crippen LogP contribution in [0.1, 0.15) is 22.8 Å². The molecule has 13 heavy (non-hydrogen) atoms. The topological polar surface area (TPSA) is 40.9 Å². The van der Waals surface area contributed by atoms with Gasteiger partial charge in [0.25, 0.3) is 0 Å². The molecule has 1 rings (SSSR count). The van der Waals surface area contributed by atoms with E-state index in [0.29, 0.717) is 15.6 Å². The Morgan fingerprint density at radius 3 is 2.69 bits per heavy atom. The van der Waals surface area contributed by atoms with Gasteiger partial charge in [0.2, 0.25) is 0 Å². The van der Waals surface area contributed by atoms with Gasteiger partial charge in [0.15, 0.2) is 5.78 Å². The van der Waals surface area contributed by atoms with E-state index >= 15 is 0 Å². The highest BCUT2D eigenvalue weighted by Crippen LogP contribution is 2.26. The van der Waals surface area contributed by atoms with Gasteiger partial charge in [0.1, 0.15) is 0 Å². The second-order valence-electron chi connectivity index (χ2n) is 2.45. The number of carbonyl (C=O) groups is 1. The van der Waals surface area contributed by atoms with Crippen LogP contribution < -0.4 is 0 Å². The van der Waals surface area contributed by atoms with Crippen LogP contribution in [0, 0.1) is 14.9 Å². The number of halogens is 2. The summed E-state index contributed by atoms with van der Waals surface area (Å²) in [6, 6.07) is 5.45. The number of carbonyl (C=O) groups excluding carboxylic acids is 1. The molecular weight excluding hydrogens is 345 g/mol. The van der Waals surface area contributed by atoms with E-state index in [4.69, 9.17) is 5.26 Å². The lowest BCUT2D eigenvalue weighted by Crippen LogP contribution is -1.99. The Hall–Kier alpha value is -0.410. The molecular formula is C9H5BrINO. The SMILES string of the molecule is CC(=O)c1c(C#N)ccc(I)c1Br. The maximum absolute atomic E-state index is 11.2. The molecule has 0 aliphatic heterocycles. The number of Topliss-reactive ketones (excluding diaryl/α,β-unsaturated/α-hetero) is 1. The third-order valence-corrected chi connectivity index (χ3v) is 4.03. The number of nitrogens with zero attached hydrogens (tertiary/aromatic N) is 1. The Kier molecular flexibility index (Phi) is 3.45. The number of hydrogen-bond donors (Lipinski definition) is 0. The normalized spacial score (nSPS) is 9.38. The number of benzene rings is 1. The van der Waals surface area contributed by atoms with Gasteiger partial charge in [-0.25, -0.2) is 0 Å². The van der Waals surface area contributed by atoms with Gasteiger partial charge in [-0.3, -0.25) is 4.79 Å². The van der Waals surface area contributed by atoms with E-state index in [1.54, 1.807) is 12.1 Å². The molecule has 0 radical (unpaired) electrons. The van der Waals surface area contributed by atoms with Crippen LogP contribution in [0.3, 0.4) is 0 Å². The summed E-state index contributed by atoms with van der Waals surface area (Å²) in [5, 5.41) is 8.76. The number of rotatable bonds is 1. The Balaban J connectivity index is 3.53. The molecule has 0 aliphatic carbocycles. The molecule has 0 heterocycles. The van der Waals surface area contributed by atoms with Crippen molar-refractivity contribution in [3.8, 4) is 6.07 Å². The van der Waals surface area contributed by atoms with Crippen molar-refractivity contribution in [3.63, 3.8) is 0 Å². The van der Waals surface area contributed by atoms with Crippen LogP contribution >= 0.6 is 38.5 Å². The summed E-state index contributed by atoms with van der Waals surface area (Å²) in [5.74, 6) is -0.0954. The van der Waals surface area contributed by atoms with Gasteiger partial charge in [-0.2, -0.15) is 5.26 Å². The Labute approximate surface area is 98.2 Å². The van der Waals surface area contributed by atoms with Crippen LogP contribution in [-0.2, 0) is 0 Å². The van der Waals surface area contributed by atoms with Crippen LogP contribution in [-0.4, -0.2) is 5.78 Å². The minimum Gasteiger partial charge on any atom is -0.294 e. The smallest absolute Gasteiger partial charge is 0.162 e. The summed E-state index contributed by atoms with van der Waals surface area (Å²) in [6.45, 7) is 1.46. The highest BCUT2D eigenvalue weighted by atomic mass is 127. The second-order valence-corrected chi connectivity index (χ2v) is 4.41. The molecule has 0 aliphatic rings. The third kappa shape index (κ3) is 2.09. The molecule has 4 heteroatoms. The first-order chi connectivity index (χ1) is 6.07. The van der Waals surface area contributed by atoms with Crippen molar-refractivity contribution in [1.82, 2.24) is 0 Å². The van der Waals surface area contributed by atoms with Crippen LogP contribution in [0.15, 0.2) is 16.6 Å². The van der Waals surface area contributed by atoms with Crippen LogP contribution in [0.5, 0.6) is 0 Å². The second kappa shape index (κ2) is 4.20. The molecule has 0 bridgehead atoms. The average molecular weight is 350 g/mol. The first kappa shape index (κ1) is 10.7. The molecule has 0 saturated heterocycles. The zero-order valence-electron chi connectivity index (χ0n) is 6.77. The molecule has 0 saturated carbocycles. The zero-order chi connectivity index (χ0) is 10.0. The van der Waals surface area contributed by atoms with Crippen molar-refractivity contribution in [2.45, 2.75) is 6.92 Å². The van der Waals surface area contributed by atoms with E-state index in [1.807, 2.05) is 6.07 Å². The molecule has 1 aromatic rings. The van der Waals surface area contributed by atoms with Gasteiger partial charge in [-0.1, -0.05) is 0 Å². The predicted molar refractivity (Wildman–Crippen MR) is 61.6 cm³/mol. The Morgan fingerprint density at radius 1 is 1.62 bits per heavy atom. The standard InChI is InChI=1S/C9H5BrINO/c1-5(13)8-6(4-12)2-3-7(11)9(8)10/h2-3H,1H3. The fourth-order valence-corrected chi connectivity index (χ4v) is 2.06. The fourth-order valence-electron chi connectivity index (χ4n) is 0.988. The van der Waals surface area contributed by atoms with Gasteiger partial charge in [0.05, 0.1) is 17.2 Å². The Bertz CT molecular complexity index is 409. The lowest BCUT2D eigenvalue weighted by Gasteiger charge is -2.04.